The molecule has 142 valence electrons. The van der Waals surface area contributed by atoms with Gasteiger partial charge in [-0.1, -0.05) is 12.1 Å². The van der Waals surface area contributed by atoms with Gasteiger partial charge in [-0.15, -0.1) is 0 Å². The highest BCUT2D eigenvalue weighted by Gasteiger charge is 2.16. The van der Waals surface area contributed by atoms with Crippen molar-refractivity contribution in [1.82, 2.24) is 9.99 Å². The van der Waals surface area contributed by atoms with E-state index >= 15 is 0 Å². The number of amides is 1. The number of carbonyl (C=O) groups excluding carboxylic acids is 1. The molecule has 3 aromatic rings. The van der Waals surface area contributed by atoms with E-state index < -0.39 is 0 Å². The van der Waals surface area contributed by atoms with E-state index in [2.05, 4.69) is 47.1 Å². The summed E-state index contributed by atoms with van der Waals surface area (Å²) in [7, 11) is 0. The quantitative estimate of drug-likeness (QED) is 0.556. The monoisotopic (exact) mass is 375 g/mol. The third kappa shape index (κ3) is 3.36. The first-order chi connectivity index (χ1) is 13.5. The molecule has 1 amide bonds. The van der Waals surface area contributed by atoms with E-state index in [1.807, 2.05) is 19.1 Å². The van der Waals surface area contributed by atoms with Crippen LogP contribution in [0, 0.1) is 20.8 Å². The molecule has 0 saturated heterocycles. The molecule has 6 nitrogen and oxygen atoms in total. The standard InChI is InChI=1S/C22H21N3O3/c1-14-5-4-6-19(9-14)25-15(2)10-18(16(25)3)12-23-24-22(26)17-7-8-20-21(11-17)28-13-27-20/h4-12H,13H2,1-3H3,(H,24,26)/b23-12-. The van der Waals surface area contributed by atoms with Crippen molar-refractivity contribution in [2.24, 2.45) is 5.10 Å². The highest BCUT2D eigenvalue weighted by molar-refractivity contribution is 5.95. The van der Waals surface area contributed by atoms with Crippen LogP contribution in [0.1, 0.15) is 32.9 Å². The molecule has 6 heteroatoms. The molecule has 1 N–H and O–H groups in total. The highest BCUT2D eigenvalue weighted by Crippen LogP contribution is 2.32. The number of ether oxygens (including phenoxy) is 2. The van der Waals surface area contributed by atoms with Crippen LogP contribution in [-0.4, -0.2) is 23.5 Å². The number of fused-ring (bicyclic) bond motifs is 1. The van der Waals surface area contributed by atoms with Crippen molar-refractivity contribution in [2.75, 3.05) is 6.79 Å². The molecule has 2 aromatic carbocycles. The molecule has 1 aromatic heterocycles. The molecule has 0 fully saturated rings. The highest BCUT2D eigenvalue weighted by atomic mass is 16.7. The SMILES string of the molecule is Cc1cccc(-n2c(C)cc(/C=N\NC(=O)c3ccc4c(c3)OCO4)c2C)c1. The number of rotatable bonds is 4. The normalized spacial score (nSPS) is 12.5. The van der Waals surface area contributed by atoms with Gasteiger partial charge < -0.3 is 14.0 Å². The number of aromatic nitrogens is 1. The number of nitrogens with zero attached hydrogens (tertiary/aromatic N) is 2. The molecule has 1 aliphatic heterocycles. The van der Waals surface area contributed by atoms with Crippen molar-refractivity contribution < 1.29 is 14.3 Å². The summed E-state index contributed by atoms with van der Waals surface area (Å²) < 4.78 is 12.7. The van der Waals surface area contributed by atoms with Crippen LogP contribution >= 0.6 is 0 Å². The van der Waals surface area contributed by atoms with E-state index in [-0.39, 0.29) is 12.7 Å². The first kappa shape index (κ1) is 17.9. The van der Waals surface area contributed by atoms with Gasteiger partial charge in [0.05, 0.1) is 6.21 Å². The van der Waals surface area contributed by atoms with Gasteiger partial charge in [0.1, 0.15) is 0 Å². The summed E-state index contributed by atoms with van der Waals surface area (Å²) >= 11 is 0. The number of aryl methyl sites for hydroxylation is 2. The zero-order chi connectivity index (χ0) is 19.7. The fraction of sp³-hybridized carbons (Fsp3) is 0.182. The minimum absolute atomic E-state index is 0.176. The lowest BCUT2D eigenvalue weighted by molar-refractivity contribution is 0.0954. The fourth-order valence-corrected chi connectivity index (χ4v) is 3.35. The predicted octanol–water partition coefficient (Wildman–Crippen LogP) is 3.90. The van der Waals surface area contributed by atoms with E-state index in [9.17, 15) is 4.79 Å². The summed E-state index contributed by atoms with van der Waals surface area (Å²) in [5.41, 5.74) is 8.46. The van der Waals surface area contributed by atoms with E-state index in [0.717, 1.165) is 22.6 Å². The summed E-state index contributed by atoms with van der Waals surface area (Å²) in [6.45, 7) is 6.34. The van der Waals surface area contributed by atoms with Crippen molar-refractivity contribution >= 4 is 12.1 Å². The van der Waals surface area contributed by atoms with Crippen molar-refractivity contribution in [2.45, 2.75) is 20.8 Å². The van der Waals surface area contributed by atoms with Crippen molar-refractivity contribution in [3.8, 4) is 17.2 Å². The van der Waals surface area contributed by atoms with Crippen LogP contribution in [0.5, 0.6) is 11.5 Å². The largest absolute Gasteiger partial charge is 0.454 e. The molecule has 0 aliphatic carbocycles. The maximum atomic E-state index is 12.3. The number of benzene rings is 2. The van der Waals surface area contributed by atoms with E-state index in [0.29, 0.717) is 17.1 Å². The molecular formula is C22H21N3O3. The molecular weight excluding hydrogens is 354 g/mol. The lowest BCUT2D eigenvalue weighted by Gasteiger charge is -2.10. The molecule has 4 rings (SSSR count). The van der Waals surface area contributed by atoms with Crippen molar-refractivity contribution in [1.29, 1.82) is 0 Å². The third-order valence-corrected chi connectivity index (χ3v) is 4.73. The fourth-order valence-electron chi connectivity index (χ4n) is 3.35. The molecule has 0 unspecified atom stereocenters. The Hall–Kier alpha value is -3.54. The lowest BCUT2D eigenvalue weighted by Crippen LogP contribution is -2.17. The van der Waals surface area contributed by atoms with Gasteiger partial charge >= 0.3 is 0 Å². The molecule has 1 aliphatic rings. The van der Waals surface area contributed by atoms with Crippen molar-refractivity contribution in [3.63, 3.8) is 0 Å². The Bertz CT molecular complexity index is 1080. The molecule has 28 heavy (non-hydrogen) atoms. The maximum absolute atomic E-state index is 12.3. The molecule has 2 heterocycles. The van der Waals surface area contributed by atoms with E-state index in [4.69, 9.17) is 9.47 Å². The first-order valence-electron chi connectivity index (χ1n) is 9.02. The predicted molar refractivity (Wildman–Crippen MR) is 108 cm³/mol. The van der Waals surface area contributed by atoms with Crippen molar-refractivity contribution in [3.05, 3.63) is 76.6 Å². The Balaban J connectivity index is 1.51. The Morgan fingerprint density at radius 1 is 1.07 bits per heavy atom. The average molecular weight is 375 g/mol. The van der Waals surface area contributed by atoms with Gasteiger partial charge in [-0.3, -0.25) is 4.79 Å². The zero-order valence-corrected chi connectivity index (χ0v) is 16.0. The Kier molecular flexibility index (Phi) is 4.61. The van der Waals surface area contributed by atoms with Crippen LogP contribution in [0.25, 0.3) is 5.69 Å². The topological polar surface area (TPSA) is 64.9 Å². The van der Waals surface area contributed by atoms with Crippen LogP contribution < -0.4 is 14.9 Å². The van der Waals surface area contributed by atoms with Gasteiger partial charge in [0, 0.05) is 28.2 Å². The number of carbonyl (C=O) groups is 1. The van der Waals surface area contributed by atoms with Gasteiger partial charge in [0.25, 0.3) is 5.91 Å². The smallest absolute Gasteiger partial charge is 0.271 e. The summed E-state index contributed by atoms with van der Waals surface area (Å²) in [5, 5.41) is 4.13. The average Bonchev–Trinajstić information content (AvgIpc) is 3.25. The second-order valence-electron chi connectivity index (χ2n) is 6.77. The summed E-state index contributed by atoms with van der Waals surface area (Å²) in [6, 6.07) is 15.4. The summed E-state index contributed by atoms with van der Waals surface area (Å²) in [4.78, 5) is 12.3. The summed E-state index contributed by atoms with van der Waals surface area (Å²) in [6.07, 6.45) is 1.67. The van der Waals surface area contributed by atoms with Crippen LogP contribution in [-0.2, 0) is 0 Å². The zero-order valence-electron chi connectivity index (χ0n) is 16.0. The Labute approximate surface area is 163 Å². The molecule has 0 saturated carbocycles. The number of hydrogen-bond acceptors (Lipinski definition) is 4. The molecule has 0 radical (unpaired) electrons. The lowest BCUT2D eigenvalue weighted by atomic mass is 10.2. The molecule has 0 atom stereocenters. The molecule has 0 bridgehead atoms. The summed E-state index contributed by atoms with van der Waals surface area (Å²) in [5.74, 6) is 0.906. The minimum atomic E-state index is -0.304. The van der Waals surface area contributed by atoms with Crippen LogP contribution in [0.3, 0.4) is 0 Å². The van der Waals surface area contributed by atoms with E-state index in [1.165, 1.54) is 5.56 Å². The van der Waals surface area contributed by atoms with E-state index in [1.54, 1.807) is 24.4 Å². The second-order valence-corrected chi connectivity index (χ2v) is 6.77. The molecule has 0 spiro atoms. The van der Waals surface area contributed by atoms with Gasteiger partial charge in [-0.05, 0) is 62.7 Å². The number of hydrogen-bond donors (Lipinski definition) is 1. The first-order valence-corrected chi connectivity index (χ1v) is 9.02. The van der Waals surface area contributed by atoms with Gasteiger partial charge in [-0.25, -0.2) is 5.43 Å². The third-order valence-electron chi connectivity index (χ3n) is 4.73. The second kappa shape index (κ2) is 7.23. The number of nitrogens with one attached hydrogen (secondary N) is 1. The van der Waals surface area contributed by atoms with Gasteiger partial charge in [0.2, 0.25) is 6.79 Å². The van der Waals surface area contributed by atoms with Crippen LogP contribution in [0.15, 0.2) is 53.6 Å². The van der Waals surface area contributed by atoms with Gasteiger partial charge in [-0.2, -0.15) is 5.10 Å². The Morgan fingerprint density at radius 3 is 2.71 bits per heavy atom. The maximum Gasteiger partial charge on any atom is 0.271 e. The minimum Gasteiger partial charge on any atom is -0.454 e. The number of hydrazone groups is 1. The van der Waals surface area contributed by atoms with Crippen LogP contribution in [0.4, 0.5) is 0 Å². The Morgan fingerprint density at radius 2 is 1.89 bits per heavy atom. The van der Waals surface area contributed by atoms with Crippen LogP contribution in [0.2, 0.25) is 0 Å². The van der Waals surface area contributed by atoms with Gasteiger partial charge in [0.15, 0.2) is 11.5 Å².